The molecule has 0 bridgehead atoms. The maximum absolute atomic E-state index is 11.2. The highest BCUT2D eigenvalue weighted by atomic mass is 16.7. The number of benzene rings is 2. The molecule has 2 aliphatic rings. The van der Waals surface area contributed by atoms with E-state index in [-0.39, 0.29) is 0 Å². The molecule has 1 fully saturated rings. The molecule has 1 saturated carbocycles. The van der Waals surface area contributed by atoms with Gasteiger partial charge in [0.15, 0.2) is 11.5 Å². The summed E-state index contributed by atoms with van der Waals surface area (Å²) < 4.78 is 12.5. The molecule has 23 heavy (non-hydrogen) atoms. The lowest BCUT2D eigenvalue weighted by Crippen LogP contribution is -2.40. The molecule has 0 aromatic heterocycles. The molecule has 0 amide bonds. The van der Waals surface area contributed by atoms with Gasteiger partial charge < -0.3 is 14.6 Å². The fraction of sp³-hybridized carbons (Fsp3) is 0.400. The Morgan fingerprint density at radius 3 is 2.39 bits per heavy atom. The summed E-state index contributed by atoms with van der Waals surface area (Å²) in [4.78, 5) is 0. The van der Waals surface area contributed by atoms with E-state index in [1.54, 1.807) is 0 Å². The normalized spacial score (nSPS) is 21.1. The molecule has 1 spiro atoms. The topological polar surface area (TPSA) is 38.7 Å². The van der Waals surface area contributed by atoms with Crippen molar-refractivity contribution in [3.8, 4) is 11.5 Å². The monoisotopic (exact) mass is 310 g/mol. The summed E-state index contributed by atoms with van der Waals surface area (Å²) in [6.45, 7) is 1.81. The van der Waals surface area contributed by atoms with Crippen LogP contribution < -0.4 is 9.47 Å². The summed E-state index contributed by atoms with van der Waals surface area (Å²) in [5, 5.41) is 11.2. The Kier molecular flexibility index (Phi) is 3.34. The molecule has 2 aromatic carbocycles. The van der Waals surface area contributed by atoms with Gasteiger partial charge in [0.25, 0.3) is 5.79 Å². The van der Waals surface area contributed by atoms with E-state index in [1.807, 2.05) is 55.5 Å². The van der Waals surface area contributed by atoms with Crippen LogP contribution in [0.3, 0.4) is 0 Å². The molecule has 1 heterocycles. The van der Waals surface area contributed by atoms with Gasteiger partial charge >= 0.3 is 0 Å². The van der Waals surface area contributed by atoms with Crippen molar-refractivity contribution in [3.63, 3.8) is 0 Å². The van der Waals surface area contributed by atoms with Gasteiger partial charge in [-0.15, -0.1) is 0 Å². The fourth-order valence-corrected chi connectivity index (χ4v) is 3.70. The lowest BCUT2D eigenvalue weighted by Gasteiger charge is -2.32. The van der Waals surface area contributed by atoms with Gasteiger partial charge in [-0.1, -0.05) is 48.9 Å². The van der Waals surface area contributed by atoms with Crippen molar-refractivity contribution < 1.29 is 14.6 Å². The number of hydrogen-bond acceptors (Lipinski definition) is 3. The first-order chi connectivity index (χ1) is 11.1. The van der Waals surface area contributed by atoms with E-state index in [0.717, 1.165) is 42.6 Å². The Morgan fingerprint density at radius 2 is 1.65 bits per heavy atom. The van der Waals surface area contributed by atoms with Crippen LogP contribution in [0.15, 0.2) is 48.5 Å². The van der Waals surface area contributed by atoms with E-state index < -0.39 is 11.4 Å². The molecule has 1 unspecified atom stereocenters. The lowest BCUT2D eigenvalue weighted by atomic mass is 9.87. The fourth-order valence-electron chi connectivity index (χ4n) is 3.70. The summed E-state index contributed by atoms with van der Waals surface area (Å²) in [5.74, 6) is 0.924. The minimum absolute atomic E-state index is 0.524. The summed E-state index contributed by atoms with van der Waals surface area (Å²) >= 11 is 0. The Morgan fingerprint density at radius 1 is 0.913 bits per heavy atom. The molecule has 1 aliphatic heterocycles. The first-order valence-electron chi connectivity index (χ1n) is 8.40. The average molecular weight is 310 g/mol. The van der Waals surface area contributed by atoms with E-state index in [2.05, 4.69) is 0 Å². The van der Waals surface area contributed by atoms with E-state index in [9.17, 15) is 5.11 Å². The van der Waals surface area contributed by atoms with Crippen molar-refractivity contribution in [2.24, 2.45) is 0 Å². The van der Waals surface area contributed by atoms with Crippen LogP contribution in [0.2, 0.25) is 0 Å². The molecule has 0 saturated heterocycles. The highest BCUT2D eigenvalue weighted by molar-refractivity contribution is 5.54. The van der Waals surface area contributed by atoms with Crippen molar-refractivity contribution in [2.75, 3.05) is 0 Å². The zero-order chi connectivity index (χ0) is 15.9. The second kappa shape index (κ2) is 5.27. The maximum atomic E-state index is 11.2. The van der Waals surface area contributed by atoms with Crippen LogP contribution in [0.25, 0.3) is 0 Å². The first kappa shape index (κ1) is 14.6. The molecule has 120 valence electrons. The van der Waals surface area contributed by atoms with Gasteiger partial charge in [0.1, 0.15) is 5.60 Å². The minimum atomic E-state index is -1.11. The Hall–Kier alpha value is -2.00. The third-order valence-electron chi connectivity index (χ3n) is 5.04. The number of para-hydroxylation sites is 1. The number of aliphatic hydroxyl groups is 1. The van der Waals surface area contributed by atoms with Gasteiger partial charge in [-0.3, -0.25) is 0 Å². The third-order valence-corrected chi connectivity index (χ3v) is 5.04. The van der Waals surface area contributed by atoms with Crippen LogP contribution >= 0.6 is 0 Å². The van der Waals surface area contributed by atoms with Crippen LogP contribution in [0.4, 0.5) is 0 Å². The second-order valence-corrected chi connectivity index (χ2v) is 6.75. The third kappa shape index (κ3) is 2.40. The number of fused-ring (bicyclic) bond motifs is 1. The number of hydrogen-bond donors (Lipinski definition) is 1. The van der Waals surface area contributed by atoms with Crippen LogP contribution in [-0.2, 0) is 5.60 Å². The van der Waals surface area contributed by atoms with Crippen molar-refractivity contribution in [3.05, 3.63) is 59.7 Å². The molecule has 1 atom stereocenters. The molecule has 1 N–H and O–H groups in total. The molecule has 0 radical (unpaired) electrons. The molecule has 3 heteroatoms. The van der Waals surface area contributed by atoms with E-state index >= 15 is 0 Å². The Balaban J connectivity index is 1.75. The summed E-state index contributed by atoms with van der Waals surface area (Å²) in [5.41, 5.74) is 0.501. The van der Waals surface area contributed by atoms with E-state index in [0.29, 0.717) is 5.75 Å². The zero-order valence-corrected chi connectivity index (χ0v) is 13.4. The molecular weight excluding hydrogens is 288 g/mol. The molecule has 2 aromatic rings. The van der Waals surface area contributed by atoms with E-state index in [4.69, 9.17) is 9.47 Å². The highest BCUT2D eigenvalue weighted by Gasteiger charge is 2.45. The van der Waals surface area contributed by atoms with Crippen LogP contribution in [0.5, 0.6) is 11.5 Å². The Bertz CT molecular complexity index is 700. The van der Waals surface area contributed by atoms with Crippen molar-refractivity contribution >= 4 is 0 Å². The molecule has 1 aliphatic carbocycles. The van der Waals surface area contributed by atoms with Gasteiger partial charge in [0, 0.05) is 18.4 Å². The predicted octanol–water partition coefficient (Wildman–Crippen LogP) is 4.37. The van der Waals surface area contributed by atoms with Crippen molar-refractivity contribution in [2.45, 2.75) is 50.4 Å². The van der Waals surface area contributed by atoms with Crippen LogP contribution in [0, 0.1) is 0 Å². The second-order valence-electron chi connectivity index (χ2n) is 6.75. The highest BCUT2D eigenvalue weighted by Crippen LogP contribution is 2.50. The Labute approximate surface area is 136 Å². The first-order valence-corrected chi connectivity index (χ1v) is 8.40. The van der Waals surface area contributed by atoms with Crippen molar-refractivity contribution in [1.82, 2.24) is 0 Å². The van der Waals surface area contributed by atoms with Gasteiger partial charge in [-0.05, 0) is 31.4 Å². The molecule has 4 rings (SSSR count). The maximum Gasteiger partial charge on any atom is 0.251 e. The van der Waals surface area contributed by atoms with Crippen LogP contribution in [-0.4, -0.2) is 10.9 Å². The van der Waals surface area contributed by atoms with Crippen molar-refractivity contribution in [1.29, 1.82) is 0 Å². The average Bonchev–Trinajstić information content (AvgIpc) is 2.93. The summed E-state index contributed by atoms with van der Waals surface area (Å²) in [6.07, 6.45) is 5.30. The smallest absolute Gasteiger partial charge is 0.251 e. The van der Waals surface area contributed by atoms with Gasteiger partial charge in [0.05, 0.1) is 0 Å². The summed E-state index contributed by atoms with van der Waals surface area (Å²) in [7, 11) is 0. The lowest BCUT2D eigenvalue weighted by molar-refractivity contribution is -0.106. The largest absolute Gasteiger partial charge is 0.448 e. The number of rotatable bonds is 2. The van der Waals surface area contributed by atoms with Gasteiger partial charge in [-0.25, -0.2) is 0 Å². The van der Waals surface area contributed by atoms with E-state index in [1.165, 1.54) is 6.42 Å². The van der Waals surface area contributed by atoms with Gasteiger partial charge in [-0.2, -0.15) is 0 Å². The SMILES string of the molecule is CC(O)(c1ccccc1)c1cccc2c1OC1(CCCCC1)O2. The molecular formula is C20H22O3. The van der Waals surface area contributed by atoms with Crippen LogP contribution in [0.1, 0.15) is 50.2 Å². The minimum Gasteiger partial charge on any atom is -0.448 e. The molecule has 3 nitrogen and oxygen atoms in total. The quantitative estimate of drug-likeness (QED) is 0.895. The zero-order valence-electron chi connectivity index (χ0n) is 13.4. The van der Waals surface area contributed by atoms with Gasteiger partial charge in [0.2, 0.25) is 0 Å². The number of ether oxygens (including phenoxy) is 2. The standard InChI is InChI=1S/C20H22O3/c1-19(21,15-9-4-2-5-10-15)16-11-8-12-17-18(16)23-20(22-17)13-6-3-7-14-20/h2,4-5,8-12,21H,3,6-7,13-14H2,1H3. The predicted molar refractivity (Wildman–Crippen MR) is 88.6 cm³/mol. The summed E-state index contributed by atoms with van der Waals surface area (Å²) in [6, 6.07) is 15.5.